The molecule has 2 rings (SSSR count). The Hall–Kier alpha value is -1.76. The van der Waals surface area contributed by atoms with E-state index in [1.807, 2.05) is 13.8 Å². The summed E-state index contributed by atoms with van der Waals surface area (Å²) >= 11 is 0. The lowest BCUT2D eigenvalue weighted by Gasteiger charge is -2.39. The van der Waals surface area contributed by atoms with Crippen LogP contribution in [-0.2, 0) is 0 Å². The fourth-order valence-electron chi connectivity index (χ4n) is 2.51. The molecule has 1 unspecified atom stereocenters. The zero-order valence-corrected chi connectivity index (χ0v) is 12.5. The lowest BCUT2D eigenvalue weighted by Crippen LogP contribution is -2.54. The first-order chi connectivity index (χ1) is 10.2. The van der Waals surface area contributed by atoms with Crippen molar-refractivity contribution in [3.63, 3.8) is 0 Å². The number of benzene rings is 1. The van der Waals surface area contributed by atoms with Crippen LogP contribution in [0.2, 0.25) is 0 Å². The Kier molecular flexibility index (Phi) is 4.65. The van der Waals surface area contributed by atoms with Crippen molar-refractivity contribution in [2.45, 2.75) is 32.7 Å². The molecule has 1 aromatic carbocycles. The van der Waals surface area contributed by atoms with Gasteiger partial charge in [0.2, 0.25) is 0 Å². The molecular formula is C15H19F3N2O2. The van der Waals surface area contributed by atoms with Crippen LogP contribution in [0.4, 0.5) is 13.2 Å². The molecule has 22 heavy (non-hydrogen) atoms. The largest absolute Gasteiger partial charge is 0.573 e. The van der Waals surface area contributed by atoms with Crippen LogP contribution in [0.25, 0.3) is 0 Å². The number of piperidine rings is 1. The average molecular weight is 316 g/mol. The first-order valence-electron chi connectivity index (χ1n) is 7.05. The first-order valence-corrected chi connectivity index (χ1v) is 7.05. The second kappa shape index (κ2) is 6.16. The molecule has 122 valence electrons. The van der Waals surface area contributed by atoms with E-state index >= 15 is 0 Å². The van der Waals surface area contributed by atoms with E-state index < -0.39 is 18.0 Å². The second-order valence-corrected chi connectivity index (χ2v) is 6.06. The molecule has 0 spiro atoms. The molecule has 1 atom stereocenters. The molecule has 4 nitrogen and oxygen atoms in total. The Morgan fingerprint density at radius 3 is 2.77 bits per heavy atom. The van der Waals surface area contributed by atoms with E-state index in [0.29, 0.717) is 0 Å². The Labute approximate surface area is 127 Å². The third-order valence-electron chi connectivity index (χ3n) is 3.77. The number of carbonyl (C=O) groups excluding carboxylic acids is 1. The third-order valence-corrected chi connectivity index (χ3v) is 3.77. The van der Waals surface area contributed by atoms with Crippen molar-refractivity contribution >= 4 is 5.91 Å². The minimum absolute atomic E-state index is 0.0339. The molecule has 1 fully saturated rings. The number of amides is 1. The predicted octanol–water partition coefficient (Wildman–Crippen LogP) is 2.70. The fourth-order valence-corrected chi connectivity index (χ4v) is 2.51. The Balaban J connectivity index is 2.08. The van der Waals surface area contributed by atoms with Crippen molar-refractivity contribution in [3.05, 3.63) is 29.8 Å². The van der Waals surface area contributed by atoms with Gasteiger partial charge in [0.1, 0.15) is 5.75 Å². The summed E-state index contributed by atoms with van der Waals surface area (Å²) in [7, 11) is 0. The van der Waals surface area contributed by atoms with Gasteiger partial charge in [0.05, 0.1) is 0 Å². The number of hydrogen-bond acceptors (Lipinski definition) is 3. The molecule has 1 aliphatic rings. The maximum atomic E-state index is 12.3. The summed E-state index contributed by atoms with van der Waals surface area (Å²) in [5.74, 6) is -0.794. The van der Waals surface area contributed by atoms with Crippen LogP contribution in [-0.4, -0.2) is 31.4 Å². The normalized spacial score (nSPS) is 21.2. The minimum Gasteiger partial charge on any atom is -0.406 e. The molecule has 0 radical (unpaired) electrons. The standard InChI is InChI=1S/C15H19F3N2O2/c1-14(2)9-19-7-6-12(14)20-13(21)10-4-3-5-11(8-10)22-15(16,17)18/h3-5,8,12,19H,6-7,9H2,1-2H3,(H,20,21). The van der Waals surface area contributed by atoms with Crippen LogP contribution in [0, 0.1) is 5.41 Å². The summed E-state index contributed by atoms with van der Waals surface area (Å²) in [5, 5.41) is 6.16. The Bertz CT molecular complexity index is 544. The molecule has 1 saturated heterocycles. The highest BCUT2D eigenvalue weighted by Crippen LogP contribution is 2.26. The summed E-state index contributed by atoms with van der Waals surface area (Å²) in [5.41, 5.74) is 0.0321. The summed E-state index contributed by atoms with van der Waals surface area (Å²) < 4.78 is 40.5. The predicted molar refractivity (Wildman–Crippen MR) is 75.6 cm³/mol. The molecule has 1 aliphatic heterocycles. The third kappa shape index (κ3) is 4.37. The number of nitrogens with one attached hydrogen (secondary N) is 2. The van der Waals surface area contributed by atoms with Crippen molar-refractivity contribution < 1.29 is 22.7 Å². The fraction of sp³-hybridized carbons (Fsp3) is 0.533. The molecule has 0 aromatic heterocycles. The summed E-state index contributed by atoms with van der Waals surface area (Å²) in [6.07, 6.45) is -4.00. The van der Waals surface area contributed by atoms with Gasteiger partial charge in [-0.3, -0.25) is 4.79 Å². The average Bonchev–Trinajstić information content (AvgIpc) is 2.39. The maximum absolute atomic E-state index is 12.3. The maximum Gasteiger partial charge on any atom is 0.573 e. The van der Waals surface area contributed by atoms with Gasteiger partial charge in [-0.2, -0.15) is 0 Å². The van der Waals surface area contributed by atoms with Gasteiger partial charge in [0, 0.05) is 18.2 Å². The number of ether oxygens (including phenoxy) is 1. The molecule has 1 heterocycles. The molecule has 1 aromatic rings. The summed E-state index contributed by atoms with van der Waals surface area (Å²) in [6, 6.07) is 5.06. The zero-order chi connectivity index (χ0) is 16.4. The van der Waals surface area contributed by atoms with E-state index in [0.717, 1.165) is 25.6 Å². The highest BCUT2D eigenvalue weighted by Gasteiger charge is 2.34. The smallest absolute Gasteiger partial charge is 0.406 e. The van der Waals surface area contributed by atoms with Gasteiger partial charge in [0.15, 0.2) is 0 Å². The molecule has 1 amide bonds. The van der Waals surface area contributed by atoms with Gasteiger partial charge in [-0.25, -0.2) is 0 Å². The molecule has 0 aliphatic carbocycles. The Morgan fingerprint density at radius 2 is 2.14 bits per heavy atom. The highest BCUT2D eigenvalue weighted by molar-refractivity contribution is 5.94. The molecule has 0 bridgehead atoms. The van der Waals surface area contributed by atoms with Gasteiger partial charge in [-0.05, 0) is 36.6 Å². The SMILES string of the molecule is CC1(C)CNCCC1NC(=O)c1cccc(OC(F)(F)F)c1. The molecule has 0 saturated carbocycles. The van der Waals surface area contributed by atoms with Gasteiger partial charge in [-0.1, -0.05) is 19.9 Å². The highest BCUT2D eigenvalue weighted by atomic mass is 19.4. The van der Waals surface area contributed by atoms with Crippen molar-refractivity contribution in [1.29, 1.82) is 0 Å². The number of halogens is 3. The van der Waals surface area contributed by atoms with E-state index in [9.17, 15) is 18.0 Å². The van der Waals surface area contributed by atoms with E-state index in [2.05, 4.69) is 15.4 Å². The number of hydrogen-bond donors (Lipinski definition) is 2. The lowest BCUT2D eigenvalue weighted by molar-refractivity contribution is -0.274. The molecule has 2 N–H and O–H groups in total. The second-order valence-electron chi connectivity index (χ2n) is 6.06. The van der Waals surface area contributed by atoms with E-state index in [1.54, 1.807) is 0 Å². The molecule has 7 heteroatoms. The topological polar surface area (TPSA) is 50.4 Å². The molecular weight excluding hydrogens is 297 g/mol. The first kappa shape index (κ1) is 16.6. The number of alkyl halides is 3. The van der Waals surface area contributed by atoms with Gasteiger partial charge >= 0.3 is 6.36 Å². The van der Waals surface area contributed by atoms with E-state index in [-0.39, 0.29) is 17.0 Å². The van der Waals surface area contributed by atoms with Crippen molar-refractivity contribution in [3.8, 4) is 5.75 Å². The van der Waals surface area contributed by atoms with Crippen LogP contribution in [0.15, 0.2) is 24.3 Å². The van der Waals surface area contributed by atoms with Crippen molar-refractivity contribution in [2.24, 2.45) is 5.41 Å². The van der Waals surface area contributed by atoms with Crippen LogP contribution in [0.3, 0.4) is 0 Å². The zero-order valence-electron chi connectivity index (χ0n) is 12.5. The van der Waals surface area contributed by atoms with Crippen LogP contribution in [0.1, 0.15) is 30.6 Å². The van der Waals surface area contributed by atoms with E-state index in [4.69, 9.17) is 0 Å². The van der Waals surface area contributed by atoms with E-state index in [1.165, 1.54) is 18.2 Å². The van der Waals surface area contributed by atoms with Crippen LogP contribution >= 0.6 is 0 Å². The quantitative estimate of drug-likeness (QED) is 0.901. The van der Waals surface area contributed by atoms with Gasteiger partial charge in [-0.15, -0.1) is 13.2 Å². The van der Waals surface area contributed by atoms with Crippen LogP contribution < -0.4 is 15.4 Å². The monoisotopic (exact) mass is 316 g/mol. The summed E-state index contributed by atoms with van der Waals surface area (Å²) in [4.78, 5) is 12.3. The summed E-state index contributed by atoms with van der Waals surface area (Å²) in [6.45, 7) is 5.64. The number of carbonyl (C=O) groups is 1. The minimum atomic E-state index is -4.77. The van der Waals surface area contributed by atoms with Gasteiger partial charge < -0.3 is 15.4 Å². The van der Waals surface area contributed by atoms with Crippen LogP contribution in [0.5, 0.6) is 5.75 Å². The van der Waals surface area contributed by atoms with Crippen molar-refractivity contribution in [2.75, 3.05) is 13.1 Å². The Morgan fingerprint density at radius 1 is 1.41 bits per heavy atom. The number of rotatable bonds is 3. The van der Waals surface area contributed by atoms with Crippen molar-refractivity contribution in [1.82, 2.24) is 10.6 Å². The van der Waals surface area contributed by atoms with Gasteiger partial charge in [0.25, 0.3) is 5.91 Å². The lowest BCUT2D eigenvalue weighted by atomic mass is 9.80.